The molecule has 1 aromatic rings. The Morgan fingerprint density at radius 1 is 1.25 bits per heavy atom. The number of hydrazine groups is 2. The second-order valence-corrected chi connectivity index (χ2v) is 2.63. The first-order valence-electron chi connectivity index (χ1n) is 3.44. The zero-order valence-corrected chi connectivity index (χ0v) is 6.97. The fraction of sp³-hybridized carbons (Fsp3) is 0. The molecular weight excluding hydrogens is 174 g/mol. The summed E-state index contributed by atoms with van der Waals surface area (Å²) in [7, 11) is 0. The van der Waals surface area contributed by atoms with E-state index < -0.39 is 0 Å². The van der Waals surface area contributed by atoms with Crippen LogP contribution in [0.5, 0.6) is 0 Å². The maximum Gasteiger partial charge on any atom is 0.300 e. The molecule has 12 heavy (non-hydrogen) atoms. The second-order valence-electron chi connectivity index (χ2n) is 2.26. The Balaban J connectivity index is 2.16. The van der Waals surface area contributed by atoms with E-state index in [1.54, 1.807) is 5.12 Å². The molecule has 1 fully saturated rings. The van der Waals surface area contributed by atoms with Gasteiger partial charge in [-0.05, 0) is 29.9 Å². The summed E-state index contributed by atoms with van der Waals surface area (Å²) in [5.74, 6) is 0. The van der Waals surface area contributed by atoms with Gasteiger partial charge in [-0.1, -0.05) is 18.2 Å². The van der Waals surface area contributed by atoms with Crippen LogP contribution in [0, 0.1) is 0 Å². The molecule has 1 aromatic carbocycles. The summed E-state index contributed by atoms with van der Waals surface area (Å²) in [5.41, 5.74) is 6.35. The summed E-state index contributed by atoms with van der Waals surface area (Å²) >= 11 is 4.76. The predicted molar refractivity (Wildman–Crippen MR) is 48.9 cm³/mol. The van der Waals surface area contributed by atoms with E-state index in [0.717, 1.165) is 5.69 Å². The first-order chi connectivity index (χ1) is 5.86. The third kappa shape index (κ3) is 1.32. The van der Waals surface area contributed by atoms with E-state index in [1.165, 1.54) is 0 Å². The Labute approximate surface area is 75.0 Å². The van der Waals surface area contributed by atoms with E-state index >= 15 is 0 Å². The molecule has 1 aliphatic rings. The number of para-hydroxylation sites is 1. The third-order valence-electron chi connectivity index (χ3n) is 1.45. The number of benzene rings is 1. The molecule has 2 N–H and O–H groups in total. The van der Waals surface area contributed by atoms with Gasteiger partial charge in [0.25, 0.3) is 0 Å². The highest BCUT2D eigenvalue weighted by Crippen LogP contribution is 2.10. The quantitative estimate of drug-likeness (QED) is 0.625. The monoisotopic (exact) mass is 181 g/mol. The van der Waals surface area contributed by atoms with Gasteiger partial charge in [0, 0.05) is 0 Å². The van der Waals surface area contributed by atoms with Gasteiger partial charge in [-0.2, -0.15) is 5.12 Å². The van der Waals surface area contributed by atoms with Crippen LogP contribution >= 0.6 is 12.2 Å². The number of nitrogens with one attached hydrogen (secondary N) is 2. The molecule has 0 atom stereocenters. The maximum atomic E-state index is 4.82. The van der Waals surface area contributed by atoms with Crippen molar-refractivity contribution in [2.75, 3.05) is 5.12 Å². The lowest BCUT2D eigenvalue weighted by molar-refractivity contribution is 0.214. The molecule has 0 radical (unpaired) electrons. The van der Waals surface area contributed by atoms with Crippen molar-refractivity contribution < 1.29 is 4.84 Å². The molecule has 0 unspecified atom stereocenters. The van der Waals surface area contributed by atoms with Crippen LogP contribution in [0.3, 0.4) is 0 Å². The minimum Gasteiger partial charge on any atom is -0.355 e. The summed E-state index contributed by atoms with van der Waals surface area (Å²) < 4.78 is 0. The number of hydrogen-bond acceptors (Lipinski definition) is 4. The molecule has 1 saturated heterocycles. The highest BCUT2D eigenvalue weighted by molar-refractivity contribution is 7.80. The Kier molecular flexibility index (Phi) is 1.81. The first-order valence-corrected chi connectivity index (χ1v) is 3.85. The smallest absolute Gasteiger partial charge is 0.300 e. The molecule has 2 rings (SSSR count). The number of thiocarbonyl (C=S) groups is 1. The van der Waals surface area contributed by atoms with E-state index in [-0.39, 0.29) is 0 Å². The molecule has 0 amide bonds. The summed E-state index contributed by atoms with van der Waals surface area (Å²) in [6.07, 6.45) is 0. The van der Waals surface area contributed by atoms with Crippen molar-refractivity contribution >= 4 is 23.1 Å². The zero-order chi connectivity index (χ0) is 8.39. The van der Waals surface area contributed by atoms with Crippen LogP contribution in [0.2, 0.25) is 0 Å². The van der Waals surface area contributed by atoms with Gasteiger partial charge in [0.1, 0.15) is 0 Å². The highest BCUT2D eigenvalue weighted by atomic mass is 32.1. The van der Waals surface area contributed by atoms with Gasteiger partial charge >= 0.3 is 5.17 Å². The van der Waals surface area contributed by atoms with Gasteiger partial charge < -0.3 is 4.84 Å². The van der Waals surface area contributed by atoms with Gasteiger partial charge in [-0.25, -0.2) is 5.43 Å². The van der Waals surface area contributed by atoms with Crippen LogP contribution in [-0.4, -0.2) is 5.17 Å². The van der Waals surface area contributed by atoms with Crippen LogP contribution in [0.25, 0.3) is 0 Å². The fourth-order valence-electron chi connectivity index (χ4n) is 0.918. The standard InChI is InChI=1S/C7H7N3OS/c12-7-8-10(9-11-7)6-4-2-1-3-5-6/h1-5,9H,(H,8,12). The second kappa shape index (κ2) is 2.96. The van der Waals surface area contributed by atoms with E-state index in [4.69, 9.17) is 17.1 Å². The van der Waals surface area contributed by atoms with Crippen molar-refractivity contribution in [3.63, 3.8) is 0 Å². The van der Waals surface area contributed by atoms with Gasteiger partial charge in [0.2, 0.25) is 0 Å². The van der Waals surface area contributed by atoms with Crippen molar-refractivity contribution in [1.82, 2.24) is 11.0 Å². The number of nitrogens with zero attached hydrogens (tertiary/aromatic N) is 1. The Bertz CT molecular complexity index is 290. The minimum absolute atomic E-state index is 0.318. The number of hydrogen-bond donors (Lipinski definition) is 2. The van der Waals surface area contributed by atoms with Crippen LogP contribution < -0.4 is 16.1 Å². The SMILES string of the molecule is S=C1NN(c2ccccc2)NO1. The van der Waals surface area contributed by atoms with Gasteiger partial charge in [-0.3, -0.25) is 0 Å². The minimum atomic E-state index is 0.318. The summed E-state index contributed by atoms with van der Waals surface area (Å²) in [5, 5.41) is 1.92. The fourth-order valence-corrected chi connectivity index (χ4v) is 1.05. The Morgan fingerprint density at radius 2 is 2.00 bits per heavy atom. The lowest BCUT2D eigenvalue weighted by Gasteiger charge is -2.12. The molecule has 0 spiro atoms. The first kappa shape index (κ1) is 7.33. The molecular formula is C7H7N3OS. The lowest BCUT2D eigenvalue weighted by atomic mass is 10.3. The molecule has 5 heteroatoms. The van der Waals surface area contributed by atoms with E-state index in [9.17, 15) is 0 Å². The van der Waals surface area contributed by atoms with Gasteiger partial charge in [0.15, 0.2) is 0 Å². The topological polar surface area (TPSA) is 36.5 Å². The van der Waals surface area contributed by atoms with Gasteiger partial charge in [0.05, 0.1) is 5.69 Å². The molecule has 62 valence electrons. The normalized spacial score (nSPS) is 15.7. The molecule has 0 aliphatic carbocycles. The predicted octanol–water partition coefficient (Wildman–Crippen LogP) is 0.732. The van der Waals surface area contributed by atoms with E-state index in [0.29, 0.717) is 5.17 Å². The highest BCUT2D eigenvalue weighted by Gasteiger charge is 2.15. The van der Waals surface area contributed by atoms with Crippen molar-refractivity contribution in [3.05, 3.63) is 30.3 Å². The molecule has 0 bridgehead atoms. The molecule has 0 aromatic heterocycles. The van der Waals surface area contributed by atoms with Gasteiger partial charge in [-0.15, -0.1) is 0 Å². The van der Waals surface area contributed by atoms with Crippen LogP contribution in [-0.2, 0) is 4.84 Å². The van der Waals surface area contributed by atoms with E-state index in [2.05, 4.69) is 11.0 Å². The average molecular weight is 181 g/mol. The Hall–Kier alpha value is -1.33. The summed E-state index contributed by atoms with van der Waals surface area (Å²) in [4.78, 5) is 4.82. The van der Waals surface area contributed by atoms with Crippen molar-refractivity contribution in [2.24, 2.45) is 0 Å². The molecule has 1 aliphatic heterocycles. The van der Waals surface area contributed by atoms with E-state index in [1.807, 2.05) is 30.3 Å². The molecule has 0 saturated carbocycles. The summed E-state index contributed by atoms with van der Waals surface area (Å²) in [6.45, 7) is 0. The Morgan fingerprint density at radius 3 is 2.58 bits per heavy atom. The summed E-state index contributed by atoms with van der Waals surface area (Å²) in [6, 6.07) is 9.66. The van der Waals surface area contributed by atoms with Crippen molar-refractivity contribution in [2.45, 2.75) is 0 Å². The average Bonchev–Trinajstić information content (AvgIpc) is 2.54. The molecule has 4 nitrogen and oxygen atoms in total. The third-order valence-corrected chi connectivity index (χ3v) is 1.62. The van der Waals surface area contributed by atoms with Crippen LogP contribution in [0.15, 0.2) is 30.3 Å². The maximum absolute atomic E-state index is 4.82. The number of anilines is 1. The van der Waals surface area contributed by atoms with Crippen molar-refractivity contribution in [1.29, 1.82) is 0 Å². The number of rotatable bonds is 1. The van der Waals surface area contributed by atoms with Crippen LogP contribution in [0.1, 0.15) is 0 Å². The van der Waals surface area contributed by atoms with Crippen LogP contribution in [0.4, 0.5) is 5.69 Å². The zero-order valence-electron chi connectivity index (χ0n) is 6.15. The van der Waals surface area contributed by atoms with Crippen molar-refractivity contribution in [3.8, 4) is 0 Å². The molecule has 1 heterocycles. The lowest BCUT2D eigenvalue weighted by Crippen LogP contribution is -2.38. The largest absolute Gasteiger partial charge is 0.355 e.